The summed E-state index contributed by atoms with van der Waals surface area (Å²) >= 11 is 0. The van der Waals surface area contributed by atoms with E-state index in [-0.39, 0.29) is 0 Å². The van der Waals surface area contributed by atoms with E-state index in [1.807, 2.05) is 6.20 Å². The minimum atomic E-state index is 0.459. The molecule has 6 rings (SSSR count). The fourth-order valence-electron chi connectivity index (χ4n) is 6.09. The summed E-state index contributed by atoms with van der Waals surface area (Å²) in [5.41, 5.74) is 2.24. The number of hydrogen-bond donors (Lipinski definition) is 1. The topological polar surface area (TPSA) is 44.3 Å². The van der Waals surface area contributed by atoms with Crippen molar-refractivity contribution < 1.29 is 0 Å². The quantitative estimate of drug-likeness (QED) is 0.752. The smallest absolute Gasteiger partial charge is 0.224 e. The number of nitrogens with one attached hydrogen (secondary N) is 1. The average molecular weight is 396 g/mol. The SMILES string of the molecule is CC1(C)[C@H]2CC=C(CN3CCC(Nc4nccc(N5CCCCCC5)n4)C3)[C@@H]1C2. The molecular formula is C24H37N5. The zero-order valence-corrected chi connectivity index (χ0v) is 18.2. The maximum absolute atomic E-state index is 4.85. The van der Waals surface area contributed by atoms with Crippen molar-refractivity contribution in [1.29, 1.82) is 0 Å². The predicted molar refractivity (Wildman–Crippen MR) is 119 cm³/mol. The Kier molecular flexibility index (Phi) is 5.27. The van der Waals surface area contributed by atoms with E-state index in [0.717, 1.165) is 49.8 Å². The molecule has 29 heavy (non-hydrogen) atoms. The summed E-state index contributed by atoms with van der Waals surface area (Å²) in [6.45, 7) is 10.6. The summed E-state index contributed by atoms with van der Waals surface area (Å²) in [5, 5.41) is 3.63. The molecule has 0 aromatic carbocycles. The molecule has 1 unspecified atom stereocenters. The summed E-state index contributed by atoms with van der Waals surface area (Å²) in [6, 6.07) is 2.53. The fourth-order valence-corrected chi connectivity index (χ4v) is 6.09. The zero-order valence-electron chi connectivity index (χ0n) is 18.2. The lowest BCUT2D eigenvalue weighted by atomic mass is 9.49. The number of allylic oxidation sites excluding steroid dienone is 1. The summed E-state index contributed by atoms with van der Waals surface area (Å²) in [4.78, 5) is 14.4. The third-order valence-electron chi connectivity index (χ3n) is 8.17. The van der Waals surface area contributed by atoms with E-state index in [2.05, 4.69) is 46.1 Å². The Morgan fingerprint density at radius 2 is 1.97 bits per heavy atom. The molecule has 0 spiro atoms. The van der Waals surface area contributed by atoms with Crippen molar-refractivity contribution in [2.75, 3.05) is 42.9 Å². The van der Waals surface area contributed by atoms with Gasteiger partial charge in [0.05, 0.1) is 0 Å². The first kappa shape index (κ1) is 19.3. The Morgan fingerprint density at radius 3 is 2.72 bits per heavy atom. The summed E-state index contributed by atoms with van der Waals surface area (Å²) in [6.07, 6.45) is 13.6. The molecule has 1 aromatic rings. The molecule has 2 bridgehead atoms. The minimum Gasteiger partial charge on any atom is -0.356 e. The van der Waals surface area contributed by atoms with Gasteiger partial charge in [-0.2, -0.15) is 4.98 Å². The Hall–Kier alpha value is -1.62. The van der Waals surface area contributed by atoms with E-state index in [9.17, 15) is 0 Å². The van der Waals surface area contributed by atoms with Crippen LogP contribution >= 0.6 is 0 Å². The number of hydrogen-bond acceptors (Lipinski definition) is 5. The highest BCUT2D eigenvalue weighted by atomic mass is 15.3. The number of rotatable bonds is 5. The Labute approximate surface area is 176 Å². The highest BCUT2D eigenvalue weighted by Crippen LogP contribution is 2.59. The van der Waals surface area contributed by atoms with Crippen LogP contribution in [0.25, 0.3) is 0 Å². The van der Waals surface area contributed by atoms with Gasteiger partial charge < -0.3 is 10.2 Å². The molecule has 5 heteroatoms. The van der Waals surface area contributed by atoms with Gasteiger partial charge in [-0.05, 0) is 55.4 Å². The molecule has 3 heterocycles. The number of likely N-dealkylation sites (tertiary alicyclic amines) is 1. The van der Waals surface area contributed by atoms with E-state index in [4.69, 9.17) is 4.98 Å². The van der Waals surface area contributed by atoms with Gasteiger partial charge in [-0.3, -0.25) is 4.90 Å². The van der Waals surface area contributed by atoms with Crippen LogP contribution in [0.4, 0.5) is 11.8 Å². The first-order chi connectivity index (χ1) is 14.1. The molecule has 5 aliphatic rings. The summed E-state index contributed by atoms with van der Waals surface area (Å²) in [5.74, 6) is 3.64. The highest BCUT2D eigenvalue weighted by Gasteiger charge is 2.51. The number of anilines is 2. The van der Waals surface area contributed by atoms with Gasteiger partial charge in [0.1, 0.15) is 5.82 Å². The van der Waals surface area contributed by atoms with Crippen molar-refractivity contribution >= 4 is 11.8 Å². The van der Waals surface area contributed by atoms with Gasteiger partial charge in [0.2, 0.25) is 5.95 Å². The van der Waals surface area contributed by atoms with Crippen LogP contribution in [-0.4, -0.2) is 53.6 Å². The molecule has 0 radical (unpaired) electrons. The molecule has 1 saturated carbocycles. The number of fused-ring (bicyclic) bond motifs is 1. The van der Waals surface area contributed by atoms with Gasteiger partial charge in [-0.15, -0.1) is 0 Å². The molecule has 1 aromatic heterocycles. The van der Waals surface area contributed by atoms with E-state index in [0.29, 0.717) is 11.5 Å². The van der Waals surface area contributed by atoms with Crippen LogP contribution in [0.2, 0.25) is 0 Å². The van der Waals surface area contributed by atoms with E-state index in [1.165, 1.54) is 51.5 Å². The summed E-state index contributed by atoms with van der Waals surface area (Å²) < 4.78 is 0. The minimum absolute atomic E-state index is 0.459. The van der Waals surface area contributed by atoms with Crippen molar-refractivity contribution in [3.05, 3.63) is 23.9 Å². The molecule has 158 valence electrons. The van der Waals surface area contributed by atoms with Crippen molar-refractivity contribution in [1.82, 2.24) is 14.9 Å². The lowest BCUT2D eigenvalue weighted by molar-refractivity contribution is -0.0100. The second kappa shape index (κ2) is 7.90. The molecule has 5 nitrogen and oxygen atoms in total. The highest BCUT2D eigenvalue weighted by molar-refractivity contribution is 5.43. The first-order valence-electron chi connectivity index (χ1n) is 11.9. The van der Waals surface area contributed by atoms with Crippen LogP contribution < -0.4 is 10.2 Å². The lowest BCUT2D eigenvalue weighted by Gasteiger charge is -2.57. The standard InChI is InChI=1S/C24H37N5/c1-24(2)19-8-7-18(21(24)15-19)16-28-14-10-20(17-28)26-23-25-11-9-22(27-23)29-12-5-3-4-6-13-29/h7,9,11,19-21H,3-6,8,10,12-17H2,1-2H3,(H,25,26,27)/t19-,20?,21-/m0/s1. The average Bonchev–Trinajstić information content (AvgIpc) is 2.98. The number of aromatic nitrogens is 2. The van der Waals surface area contributed by atoms with Crippen molar-refractivity contribution in [2.24, 2.45) is 17.3 Å². The zero-order chi connectivity index (χ0) is 19.8. The summed E-state index contributed by atoms with van der Waals surface area (Å²) in [7, 11) is 0. The molecule has 0 amide bonds. The van der Waals surface area contributed by atoms with Crippen molar-refractivity contribution in [3.8, 4) is 0 Å². The third kappa shape index (κ3) is 3.90. The normalized spacial score (nSPS) is 31.7. The maximum Gasteiger partial charge on any atom is 0.224 e. The Morgan fingerprint density at radius 1 is 1.14 bits per heavy atom. The molecule has 3 fully saturated rings. The number of nitrogens with zero attached hydrogens (tertiary/aromatic N) is 4. The van der Waals surface area contributed by atoms with Crippen LogP contribution in [-0.2, 0) is 0 Å². The maximum atomic E-state index is 4.85. The van der Waals surface area contributed by atoms with Crippen LogP contribution in [0.15, 0.2) is 23.9 Å². The van der Waals surface area contributed by atoms with Gasteiger partial charge in [0, 0.05) is 45.0 Å². The third-order valence-corrected chi connectivity index (χ3v) is 8.17. The molecule has 1 N–H and O–H groups in total. The lowest BCUT2D eigenvalue weighted by Crippen LogP contribution is -2.49. The Bertz CT molecular complexity index is 749. The molecule has 2 aliphatic heterocycles. The molecular weight excluding hydrogens is 358 g/mol. The van der Waals surface area contributed by atoms with Gasteiger partial charge in [-0.1, -0.05) is 38.3 Å². The molecule has 2 saturated heterocycles. The van der Waals surface area contributed by atoms with Crippen LogP contribution in [0, 0.1) is 17.3 Å². The van der Waals surface area contributed by atoms with Crippen molar-refractivity contribution in [2.45, 2.75) is 64.8 Å². The fraction of sp³-hybridized carbons (Fsp3) is 0.750. The monoisotopic (exact) mass is 395 g/mol. The van der Waals surface area contributed by atoms with E-state index in [1.54, 1.807) is 5.57 Å². The van der Waals surface area contributed by atoms with Gasteiger partial charge in [0.15, 0.2) is 0 Å². The predicted octanol–water partition coefficient (Wildman–Crippen LogP) is 4.34. The first-order valence-corrected chi connectivity index (χ1v) is 11.9. The molecule has 3 atom stereocenters. The van der Waals surface area contributed by atoms with Crippen LogP contribution in [0.3, 0.4) is 0 Å². The molecule has 3 aliphatic carbocycles. The largest absolute Gasteiger partial charge is 0.356 e. The Balaban J connectivity index is 1.16. The van der Waals surface area contributed by atoms with Gasteiger partial charge >= 0.3 is 0 Å². The van der Waals surface area contributed by atoms with Gasteiger partial charge in [0.25, 0.3) is 0 Å². The van der Waals surface area contributed by atoms with Crippen LogP contribution in [0.5, 0.6) is 0 Å². The second-order valence-corrected chi connectivity index (χ2v) is 10.3. The van der Waals surface area contributed by atoms with Crippen LogP contribution in [0.1, 0.15) is 58.8 Å². The van der Waals surface area contributed by atoms with Gasteiger partial charge in [-0.25, -0.2) is 4.98 Å². The van der Waals surface area contributed by atoms with Crippen molar-refractivity contribution in [3.63, 3.8) is 0 Å². The van der Waals surface area contributed by atoms with E-state index < -0.39 is 0 Å². The second-order valence-electron chi connectivity index (χ2n) is 10.3. The van der Waals surface area contributed by atoms with E-state index >= 15 is 0 Å².